The molecule has 1 aliphatic rings. The average Bonchev–Trinajstić information content (AvgIpc) is 3.09. The first-order valence-corrected chi connectivity index (χ1v) is 10.6. The molecule has 2 heterocycles. The lowest BCUT2D eigenvalue weighted by atomic mass is 9.95. The summed E-state index contributed by atoms with van der Waals surface area (Å²) in [5.41, 5.74) is 1.00. The molecule has 1 atom stereocenters. The highest BCUT2D eigenvalue weighted by Gasteiger charge is 2.46. The van der Waals surface area contributed by atoms with Crippen LogP contribution < -0.4 is 9.47 Å². The quantitative estimate of drug-likeness (QED) is 0.365. The van der Waals surface area contributed by atoms with Crippen LogP contribution in [0, 0.1) is 0 Å². The predicted octanol–water partition coefficient (Wildman–Crippen LogP) is 2.86. The van der Waals surface area contributed by atoms with E-state index < -0.39 is 17.7 Å². The largest absolute Gasteiger partial charge is 0.507 e. The van der Waals surface area contributed by atoms with Crippen LogP contribution in [0.5, 0.6) is 11.5 Å². The molecule has 1 aliphatic heterocycles. The molecule has 32 heavy (non-hydrogen) atoms. The number of aliphatic hydroxyl groups excluding tert-OH is 1. The van der Waals surface area contributed by atoms with Crippen LogP contribution in [-0.4, -0.2) is 72.0 Å². The Morgan fingerprint density at radius 2 is 1.78 bits per heavy atom. The molecule has 170 valence electrons. The lowest BCUT2D eigenvalue weighted by Crippen LogP contribution is -2.38. The highest BCUT2D eigenvalue weighted by Crippen LogP contribution is 2.41. The van der Waals surface area contributed by atoms with Crippen molar-refractivity contribution in [1.82, 2.24) is 14.8 Å². The first-order valence-electron chi connectivity index (χ1n) is 10.6. The molecule has 1 fully saturated rings. The molecule has 0 saturated carbocycles. The minimum atomic E-state index is -0.732. The van der Waals surface area contributed by atoms with Crippen LogP contribution in [0.25, 0.3) is 5.76 Å². The fraction of sp³-hybridized carbons (Fsp3) is 0.375. The third-order valence-electron chi connectivity index (χ3n) is 5.78. The van der Waals surface area contributed by atoms with Gasteiger partial charge in [-0.3, -0.25) is 14.6 Å². The number of hydrogen-bond donors (Lipinski definition) is 1. The monoisotopic (exact) mass is 439 g/mol. The average molecular weight is 440 g/mol. The van der Waals surface area contributed by atoms with Crippen LogP contribution in [0.4, 0.5) is 0 Å². The third-order valence-corrected chi connectivity index (χ3v) is 5.78. The van der Waals surface area contributed by atoms with Crippen LogP contribution in [0.2, 0.25) is 0 Å². The molecule has 0 bridgehead atoms. The zero-order valence-electron chi connectivity index (χ0n) is 18.9. The Balaban J connectivity index is 2.15. The van der Waals surface area contributed by atoms with Gasteiger partial charge in [0.1, 0.15) is 17.3 Å². The molecule has 3 rings (SSSR count). The molecule has 1 amide bonds. The van der Waals surface area contributed by atoms with Gasteiger partial charge < -0.3 is 24.4 Å². The number of ketones is 1. The Bertz CT molecular complexity index is 1000. The summed E-state index contributed by atoms with van der Waals surface area (Å²) in [7, 11) is 2.98. The summed E-state index contributed by atoms with van der Waals surface area (Å²) in [6.07, 6.45) is 3.21. The highest BCUT2D eigenvalue weighted by atomic mass is 16.5. The van der Waals surface area contributed by atoms with Crippen molar-refractivity contribution >= 4 is 17.4 Å². The molecule has 0 spiro atoms. The Labute approximate surface area is 188 Å². The molecule has 1 saturated heterocycles. The fourth-order valence-electron chi connectivity index (χ4n) is 3.94. The van der Waals surface area contributed by atoms with Gasteiger partial charge in [-0.25, -0.2) is 0 Å². The topological polar surface area (TPSA) is 92.2 Å². The first-order chi connectivity index (χ1) is 15.5. The van der Waals surface area contributed by atoms with Crippen molar-refractivity contribution in [3.63, 3.8) is 0 Å². The van der Waals surface area contributed by atoms with Crippen LogP contribution in [0.15, 0.2) is 48.3 Å². The molecular weight excluding hydrogens is 410 g/mol. The molecule has 1 N–H and O–H groups in total. The summed E-state index contributed by atoms with van der Waals surface area (Å²) in [5, 5.41) is 11.3. The summed E-state index contributed by atoms with van der Waals surface area (Å²) in [6, 6.07) is 7.68. The van der Waals surface area contributed by atoms with Crippen molar-refractivity contribution in [2.75, 3.05) is 40.4 Å². The summed E-state index contributed by atoms with van der Waals surface area (Å²) >= 11 is 0. The van der Waals surface area contributed by atoms with Gasteiger partial charge in [-0.2, -0.15) is 0 Å². The molecule has 0 aliphatic carbocycles. The van der Waals surface area contributed by atoms with E-state index in [0.29, 0.717) is 30.2 Å². The molecular formula is C24H29N3O5. The lowest BCUT2D eigenvalue weighted by molar-refractivity contribution is -0.140. The Morgan fingerprint density at radius 3 is 2.38 bits per heavy atom. The van der Waals surface area contributed by atoms with Crippen LogP contribution in [0.3, 0.4) is 0 Å². The number of amides is 1. The van der Waals surface area contributed by atoms with E-state index in [1.54, 1.807) is 42.7 Å². The van der Waals surface area contributed by atoms with Gasteiger partial charge in [-0.05, 0) is 49.0 Å². The van der Waals surface area contributed by atoms with Crippen molar-refractivity contribution in [3.05, 3.63) is 59.4 Å². The molecule has 8 heteroatoms. The number of likely N-dealkylation sites (N-methyl/N-ethyl adjacent to an activating group) is 1. The van der Waals surface area contributed by atoms with Gasteiger partial charge in [0.15, 0.2) is 0 Å². The number of Topliss-reactive ketones (excluding diaryl/α,β-unsaturated/α-hetero) is 1. The number of carbonyl (C=O) groups is 2. The minimum absolute atomic E-state index is 0.0206. The highest BCUT2D eigenvalue weighted by molar-refractivity contribution is 6.46. The van der Waals surface area contributed by atoms with Crippen LogP contribution >= 0.6 is 0 Å². The molecule has 2 aromatic rings. The van der Waals surface area contributed by atoms with Crippen molar-refractivity contribution in [3.8, 4) is 11.5 Å². The van der Waals surface area contributed by atoms with Gasteiger partial charge in [-0.15, -0.1) is 0 Å². The van der Waals surface area contributed by atoms with Gasteiger partial charge in [0, 0.05) is 25.5 Å². The zero-order valence-corrected chi connectivity index (χ0v) is 18.9. The third kappa shape index (κ3) is 4.45. The van der Waals surface area contributed by atoms with Crippen molar-refractivity contribution in [2.24, 2.45) is 0 Å². The number of carbonyl (C=O) groups excluding carboxylic acids is 2. The number of likely N-dealkylation sites (tertiary alicyclic amines) is 1. The Morgan fingerprint density at radius 1 is 1.09 bits per heavy atom. The second kappa shape index (κ2) is 10.3. The lowest BCUT2D eigenvalue weighted by Gasteiger charge is -2.28. The second-order valence-corrected chi connectivity index (χ2v) is 7.37. The van der Waals surface area contributed by atoms with E-state index in [4.69, 9.17) is 9.47 Å². The van der Waals surface area contributed by atoms with Crippen molar-refractivity contribution in [2.45, 2.75) is 19.9 Å². The second-order valence-electron chi connectivity index (χ2n) is 7.37. The van der Waals surface area contributed by atoms with E-state index in [-0.39, 0.29) is 16.9 Å². The number of hydrogen-bond acceptors (Lipinski definition) is 7. The van der Waals surface area contributed by atoms with Gasteiger partial charge in [0.25, 0.3) is 11.7 Å². The molecule has 1 aromatic heterocycles. The van der Waals surface area contributed by atoms with Gasteiger partial charge >= 0.3 is 0 Å². The number of pyridine rings is 1. The van der Waals surface area contributed by atoms with Gasteiger partial charge in [-0.1, -0.05) is 13.8 Å². The van der Waals surface area contributed by atoms with Crippen molar-refractivity contribution < 1.29 is 24.2 Å². The first kappa shape index (κ1) is 23.3. The van der Waals surface area contributed by atoms with Gasteiger partial charge in [0.2, 0.25) is 0 Å². The number of aromatic nitrogens is 1. The predicted molar refractivity (Wildman–Crippen MR) is 121 cm³/mol. The van der Waals surface area contributed by atoms with E-state index in [0.717, 1.165) is 13.1 Å². The number of benzene rings is 1. The van der Waals surface area contributed by atoms with Crippen LogP contribution in [0.1, 0.15) is 31.0 Å². The van der Waals surface area contributed by atoms with Crippen molar-refractivity contribution in [1.29, 1.82) is 0 Å². The molecule has 0 radical (unpaired) electrons. The number of methoxy groups -OCH3 is 2. The normalized spacial score (nSPS) is 17.8. The maximum atomic E-state index is 13.1. The number of ether oxygens (including phenoxy) is 2. The summed E-state index contributed by atoms with van der Waals surface area (Å²) in [6.45, 7) is 6.73. The minimum Gasteiger partial charge on any atom is -0.507 e. The Kier molecular flexibility index (Phi) is 7.48. The summed E-state index contributed by atoms with van der Waals surface area (Å²) < 4.78 is 10.7. The summed E-state index contributed by atoms with van der Waals surface area (Å²) in [5.74, 6) is -0.808. The SMILES string of the molecule is CCN(CC)CCN1C(=O)C(=O)/C(=C(/O)c2cc(OC)ccc2OC)C1c1ccncc1. The molecule has 1 aromatic carbocycles. The molecule has 1 unspecified atom stereocenters. The number of rotatable bonds is 9. The number of aliphatic hydroxyl groups is 1. The standard InChI is InChI=1S/C24H29N3O5/c1-5-26(6-2)13-14-27-21(16-9-11-25-12-10-16)20(23(29)24(27)30)22(28)18-15-17(31-3)7-8-19(18)32-4/h7-12,15,21,28H,5-6,13-14H2,1-4H3/b22-20+. The summed E-state index contributed by atoms with van der Waals surface area (Å²) in [4.78, 5) is 33.9. The molecule has 8 nitrogen and oxygen atoms in total. The number of nitrogens with zero attached hydrogens (tertiary/aromatic N) is 3. The van der Waals surface area contributed by atoms with E-state index in [2.05, 4.69) is 9.88 Å². The Hall–Kier alpha value is -3.39. The maximum Gasteiger partial charge on any atom is 0.295 e. The van der Waals surface area contributed by atoms with E-state index in [1.807, 2.05) is 13.8 Å². The smallest absolute Gasteiger partial charge is 0.295 e. The maximum absolute atomic E-state index is 13.1. The van der Waals surface area contributed by atoms with E-state index in [9.17, 15) is 14.7 Å². The van der Waals surface area contributed by atoms with E-state index in [1.165, 1.54) is 19.1 Å². The fourth-order valence-corrected chi connectivity index (χ4v) is 3.94. The van der Waals surface area contributed by atoms with Crippen LogP contribution in [-0.2, 0) is 9.59 Å². The van der Waals surface area contributed by atoms with Gasteiger partial charge in [0.05, 0.1) is 31.4 Å². The zero-order chi connectivity index (χ0) is 23.3. The van der Waals surface area contributed by atoms with E-state index >= 15 is 0 Å².